The van der Waals surface area contributed by atoms with Gasteiger partial charge >= 0.3 is 18.2 Å². The van der Waals surface area contributed by atoms with Crippen LogP contribution in [0.3, 0.4) is 0 Å². The molecule has 12 heteroatoms. The molecule has 0 saturated heterocycles. The molecule has 0 radical (unpaired) electrons. The van der Waals surface area contributed by atoms with Crippen LogP contribution in [-0.2, 0) is 9.53 Å². The summed E-state index contributed by atoms with van der Waals surface area (Å²) in [7, 11) is 0. The van der Waals surface area contributed by atoms with Gasteiger partial charge in [-0.25, -0.2) is 9.78 Å². The lowest BCUT2D eigenvalue weighted by Gasteiger charge is -2.42. The highest BCUT2D eigenvalue weighted by molar-refractivity contribution is 8.01. The molecule has 1 heterocycles. The van der Waals surface area contributed by atoms with Gasteiger partial charge in [-0.05, 0) is 44.4 Å². The van der Waals surface area contributed by atoms with Crippen molar-refractivity contribution in [2.24, 2.45) is 5.92 Å². The van der Waals surface area contributed by atoms with Gasteiger partial charge < -0.3 is 14.7 Å². The molecule has 2 saturated carbocycles. The van der Waals surface area contributed by atoms with Crippen molar-refractivity contribution in [3.63, 3.8) is 0 Å². The molecule has 0 spiro atoms. The van der Waals surface area contributed by atoms with Crippen LogP contribution in [0.4, 0.5) is 23.1 Å². The van der Waals surface area contributed by atoms with E-state index in [0.29, 0.717) is 5.13 Å². The zero-order valence-electron chi connectivity index (χ0n) is 18.3. The fourth-order valence-corrected chi connectivity index (χ4v) is 6.17. The normalized spacial score (nSPS) is 22.2. The minimum Gasteiger partial charge on any atom is -0.481 e. The number of nitrogens with zero attached hydrogens (tertiary/aromatic N) is 2. The molecule has 0 atom stereocenters. The molecule has 0 bridgehead atoms. The van der Waals surface area contributed by atoms with Crippen LogP contribution in [0.2, 0.25) is 0 Å². The Morgan fingerprint density at radius 3 is 2.45 bits per heavy atom. The number of hydrogen-bond donors (Lipinski definition) is 2. The van der Waals surface area contributed by atoms with Gasteiger partial charge in [-0.3, -0.25) is 10.1 Å². The van der Waals surface area contributed by atoms with Crippen LogP contribution >= 0.6 is 23.1 Å². The second kappa shape index (κ2) is 12.3. The van der Waals surface area contributed by atoms with Crippen LogP contribution in [0.5, 0.6) is 0 Å². The summed E-state index contributed by atoms with van der Waals surface area (Å²) in [5.74, 6) is -0.908. The van der Waals surface area contributed by atoms with E-state index in [1.165, 1.54) is 11.3 Å². The van der Waals surface area contributed by atoms with Gasteiger partial charge in [-0.15, -0.1) is 11.8 Å². The van der Waals surface area contributed by atoms with E-state index in [1.54, 1.807) is 6.20 Å². The monoisotopic (exact) mass is 509 g/mol. The molecule has 0 aliphatic heterocycles. The first-order valence-corrected chi connectivity index (χ1v) is 13.1. The largest absolute Gasteiger partial charge is 0.481 e. The molecule has 186 valence electrons. The minimum absolute atomic E-state index is 0.0350. The summed E-state index contributed by atoms with van der Waals surface area (Å²) >= 11 is 2.41. The Kier molecular flexibility index (Phi) is 9.69. The Morgan fingerprint density at radius 2 is 1.82 bits per heavy atom. The number of ether oxygens (including phenoxy) is 1. The number of rotatable bonds is 9. The van der Waals surface area contributed by atoms with Crippen molar-refractivity contribution in [2.45, 2.75) is 80.3 Å². The molecule has 2 N–H and O–H groups in total. The van der Waals surface area contributed by atoms with Gasteiger partial charge in [0.25, 0.3) is 0 Å². The van der Waals surface area contributed by atoms with Gasteiger partial charge in [0.05, 0.1) is 16.2 Å². The summed E-state index contributed by atoms with van der Waals surface area (Å²) in [5.41, 5.74) is 0. The van der Waals surface area contributed by atoms with Crippen molar-refractivity contribution >= 4 is 40.2 Å². The van der Waals surface area contributed by atoms with E-state index < -0.39 is 18.8 Å². The van der Waals surface area contributed by atoms with Crippen molar-refractivity contribution in [3.05, 3.63) is 6.20 Å². The van der Waals surface area contributed by atoms with Crippen LogP contribution in [0.1, 0.15) is 57.8 Å². The molecular weight excluding hydrogens is 479 g/mol. The predicted octanol–water partition coefficient (Wildman–Crippen LogP) is 5.62. The lowest BCUT2D eigenvalue weighted by Crippen LogP contribution is -2.51. The topological polar surface area (TPSA) is 91.8 Å². The Balaban J connectivity index is 1.57. The number of hydrogen-bond acceptors (Lipinski definition) is 6. The number of nitrogens with one attached hydrogen (secondary N) is 1. The SMILES string of the molecule is O=C(O)CSc1cnc(NC(=O)N(C2CCCCC2)C2CCC(COCC(F)(F)F)CC2)s1. The Labute approximate surface area is 199 Å². The lowest BCUT2D eigenvalue weighted by atomic mass is 9.84. The van der Waals surface area contributed by atoms with Crippen LogP contribution in [0.15, 0.2) is 10.4 Å². The number of aliphatic carboxylic acids is 1. The summed E-state index contributed by atoms with van der Waals surface area (Å²) in [4.78, 5) is 30.2. The lowest BCUT2D eigenvalue weighted by molar-refractivity contribution is -0.177. The Hall–Kier alpha value is -1.53. The number of carboxylic acids is 1. The Bertz CT molecular complexity index is 779. The maximum atomic E-state index is 13.3. The smallest absolute Gasteiger partial charge is 0.411 e. The number of amides is 2. The van der Waals surface area contributed by atoms with Gasteiger partial charge in [-0.2, -0.15) is 13.2 Å². The zero-order valence-corrected chi connectivity index (χ0v) is 19.9. The van der Waals surface area contributed by atoms with Crippen LogP contribution < -0.4 is 5.32 Å². The molecule has 0 unspecified atom stereocenters. The molecule has 2 aliphatic carbocycles. The van der Waals surface area contributed by atoms with Gasteiger partial charge in [0.1, 0.15) is 6.61 Å². The Morgan fingerprint density at radius 1 is 1.15 bits per heavy atom. The summed E-state index contributed by atoms with van der Waals surface area (Å²) in [6.07, 6.45) is 5.37. The average Bonchev–Trinajstić information content (AvgIpc) is 3.21. The number of aromatic nitrogens is 1. The molecule has 2 aliphatic rings. The van der Waals surface area contributed by atoms with E-state index in [4.69, 9.17) is 9.84 Å². The molecule has 3 rings (SSSR count). The third kappa shape index (κ3) is 8.64. The van der Waals surface area contributed by atoms with E-state index >= 15 is 0 Å². The molecule has 2 amide bonds. The summed E-state index contributed by atoms with van der Waals surface area (Å²) < 4.78 is 42.5. The average molecular weight is 510 g/mol. The second-order valence-corrected chi connectivity index (χ2v) is 10.9. The van der Waals surface area contributed by atoms with Gasteiger partial charge in [0.15, 0.2) is 5.13 Å². The van der Waals surface area contributed by atoms with E-state index in [9.17, 15) is 22.8 Å². The van der Waals surface area contributed by atoms with Crippen molar-refractivity contribution in [3.8, 4) is 0 Å². The van der Waals surface area contributed by atoms with E-state index in [2.05, 4.69) is 10.3 Å². The van der Waals surface area contributed by atoms with Crippen molar-refractivity contribution < 1.29 is 32.6 Å². The number of thioether (sulfide) groups is 1. The fraction of sp³-hybridized carbons (Fsp3) is 0.762. The molecule has 0 aromatic carbocycles. The molecule has 33 heavy (non-hydrogen) atoms. The number of carbonyl (C=O) groups excluding carboxylic acids is 1. The van der Waals surface area contributed by atoms with Crippen molar-refractivity contribution in [1.29, 1.82) is 0 Å². The first-order chi connectivity index (χ1) is 15.7. The van der Waals surface area contributed by atoms with E-state index in [0.717, 1.165) is 73.8 Å². The van der Waals surface area contributed by atoms with Crippen LogP contribution in [-0.4, -0.2) is 64.2 Å². The summed E-state index contributed by atoms with van der Waals surface area (Å²) in [6.45, 7) is -1.12. The minimum atomic E-state index is -4.31. The van der Waals surface area contributed by atoms with Gasteiger partial charge in [0.2, 0.25) is 0 Å². The third-order valence-electron chi connectivity index (χ3n) is 6.07. The number of carbonyl (C=O) groups is 2. The molecule has 1 aromatic rings. The van der Waals surface area contributed by atoms with Gasteiger partial charge in [-0.1, -0.05) is 30.6 Å². The standard InChI is InChI=1S/C21H30F3N3O4S2/c22-21(23,24)13-31-11-14-6-8-16(9-7-14)27(15-4-2-1-3-5-15)20(30)26-19-25-10-18(33-19)32-12-17(28)29/h10,14-16H,1-9,11-13H2,(H,28,29)(H,25,26,30). The van der Waals surface area contributed by atoms with Crippen LogP contribution in [0, 0.1) is 5.92 Å². The summed E-state index contributed by atoms with van der Waals surface area (Å²) in [6, 6.07) is -0.0295. The highest BCUT2D eigenvalue weighted by Gasteiger charge is 2.35. The predicted molar refractivity (Wildman–Crippen MR) is 121 cm³/mol. The summed E-state index contributed by atoms with van der Waals surface area (Å²) in [5, 5.41) is 12.1. The molecule has 1 aromatic heterocycles. The molecule has 7 nitrogen and oxygen atoms in total. The van der Waals surface area contributed by atoms with Crippen LogP contribution in [0.25, 0.3) is 0 Å². The third-order valence-corrected chi connectivity index (χ3v) is 8.16. The fourth-order valence-electron chi connectivity index (χ4n) is 4.59. The van der Waals surface area contributed by atoms with Crippen molar-refractivity contribution in [1.82, 2.24) is 9.88 Å². The van der Waals surface area contributed by atoms with Gasteiger partial charge in [0, 0.05) is 18.7 Å². The quantitative estimate of drug-likeness (QED) is 0.420. The maximum Gasteiger partial charge on any atom is 0.411 e. The highest BCUT2D eigenvalue weighted by Crippen LogP contribution is 2.34. The zero-order chi connectivity index (χ0) is 23.8. The molecular formula is C21H30F3N3O4S2. The number of carboxylic acid groups (broad SMARTS) is 1. The highest BCUT2D eigenvalue weighted by atomic mass is 32.2. The van der Waals surface area contributed by atoms with E-state index in [-0.39, 0.29) is 36.4 Å². The second-order valence-electron chi connectivity index (χ2n) is 8.60. The maximum absolute atomic E-state index is 13.3. The van der Waals surface area contributed by atoms with Crippen molar-refractivity contribution in [2.75, 3.05) is 24.3 Å². The first-order valence-electron chi connectivity index (χ1n) is 11.3. The number of halogens is 3. The first kappa shape index (κ1) is 26.1. The number of thiazole rings is 1. The molecule has 2 fully saturated rings. The number of urea groups is 1. The number of anilines is 1. The number of alkyl halides is 3. The van der Waals surface area contributed by atoms with E-state index in [1.807, 2.05) is 4.90 Å².